The molecule has 4 heteroatoms. The summed E-state index contributed by atoms with van der Waals surface area (Å²) in [5.74, 6) is 0. The molecule has 44 valence electrons. The minimum absolute atomic E-state index is 0. The molecule has 0 bridgehead atoms. The van der Waals surface area contributed by atoms with E-state index in [2.05, 4.69) is 9.97 Å². The van der Waals surface area contributed by atoms with Gasteiger partial charge in [0.15, 0.2) is 0 Å². The van der Waals surface area contributed by atoms with Gasteiger partial charge in [-0.2, -0.15) is 0 Å². The van der Waals surface area contributed by atoms with Gasteiger partial charge in [0.25, 0.3) is 0 Å². The molecule has 0 spiro atoms. The van der Waals surface area contributed by atoms with Gasteiger partial charge in [-0.3, -0.25) is 0 Å². The predicted octanol–water partition coefficient (Wildman–Crippen LogP) is -0.233. The Kier molecular flexibility index (Phi) is 3.15. The largest absolute Gasteiger partial charge is 0.344 e. The van der Waals surface area contributed by atoms with Gasteiger partial charge in [-0.1, -0.05) is 0 Å². The first-order valence-corrected chi connectivity index (χ1v) is 1.89. The van der Waals surface area contributed by atoms with Crippen LogP contribution in [-0.2, 0) is 17.1 Å². The molecule has 0 aliphatic rings. The quantitative estimate of drug-likeness (QED) is 0.521. The third-order valence-corrected chi connectivity index (χ3v) is 0.581. The van der Waals surface area contributed by atoms with E-state index in [1.807, 2.05) is 0 Å². The summed E-state index contributed by atoms with van der Waals surface area (Å²) in [6.45, 7) is 0. The van der Waals surface area contributed by atoms with E-state index < -0.39 is 0 Å². The first-order chi connectivity index (χ1) is 3.39. The zero-order valence-corrected chi connectivity index (χ0v) is 5.05. The number of aromatic amines is 1. The summed E-state index contributed by atoms with van der Waals surface area (Å²) in [5.41, 5.74) is -0.303. The van der Waals surface area contributed by atoms with Crippen LogP contribution in [-0.4, -0.2) is 9.97 Å². The zero-order valence-electron chi connectivity index (χ0n) is 3.94. The second kappa shape index (κ2) is 3.41. The summed E-state index contributed by atoms with van der Waals surface area (Å²) in [4.78, 5) is 15.8. The van der Waals surface area contributed by atoms with Crippen LogP contribution in [0.4, 0.5) is 0 Å². The van der Waals surface area contributed by atoms with Crippen molar-refractivity contribution in [3.63, 3.8) is 0 Å². The van der Waals surface area contributed by atoms with E-state index in [1.165, 1.54) is 12.4 Å². The topological polar surface area (TPSA) is 45.8 Å². The molecule has 0 amide bonds. The minimum Gasteiger partial charge on any atom is -0.313 e. The van der Waals surface area contributed by atoms with Crippen molar-refractivity contribution < 1.29 is 17.1 Å². The van der Waals surface area contributed by atoms with Crippen molar-refractivity contribution in [2.75, 3.05) is 0 Å². The van der Waals surface area contributed by atoms with Crippen molar-refractivity contribution >= 4 is 0 Å². The third-order valence-electron chi connectivity index (χ3n) is 0.581. The van der Waals surface area contributed by atoms with Gasteiger partial charge in [0.05, 0.1) is 0 Å². The molecule has 1 N–H and O–H groups in total. The average molecular weight is 152 g/mol. The van der Waals surface area contributed by atoms with Crippen LogP contribution in [0.1, 0.15) is 0 Å². The second-order valence-corrected chi connectivity index (χ2v) is 1.09. The minimum atomic E-state index is -0.303. The van der Waals surface area contributed by atoms with Crippen LogP contribution in [0.2, 0.25) is 0 Å². The Hall–Kier alpha value is -0.601. The van der Waals surface area contributed by atoms with E-state index in [0.717, 1.165) is 0 Å². The van der Waals surface area contributed by atoms with Crippen molar-refractivity contribution in [1.29, 1.82) is 0 Å². The zero-order chi connectivity index (χ0) is 5.11. The number of hydrogen-bond donors (Lipinski definition) is 1. The number of rotatable bonds is 0. The molecule has 0 radical (unpaired) electrons. The average Bonchev–Trinajstić information content (AvgIpc) is 1.69. The molecular formula is C4H4FeN2O. The van der Waals surface area contributed by atoms with Gasteiger partial charge in [-0.15, -0.1) is 0 Å². The van der Waals surface area contributed by atoms with Gasteiger partial charge < -0.3 is 4.98 Å². The third kappa shape index (κ3) is 1.91. The van der Waals surface area contributed by atoms with Crippen LogP contribution >= 0.6 is 0 Å². The summed E-state index contributed by atoms with van der Waals surface area (Å²) in [6, 6.07) is 1.65. The summed E-state index contributed by atoms with van der Waals surface area (Å²) in [6.07, 6.45) is 2.98. The molecule has 0 saturated heterocycles. The van der Waals surface area contributed by atoms with Crippen molar-refractivity contribution in [3.05, 3.63) is 28.9 Å². The second-order valence-electron chi connectivity index (χ2n) is 1.09. The van der Waals surface area contributed by atoms with Crippen molar-refractivity contribution in [2.45, 2.75) is 0 Å². The molecule has 3 nitrogen and oxygen atoms in total. The summed E-state index contributed by atoms with van der Waals surface area (Å²) >= 11 is 0. The van der Waals surface area contributed by atoms with Crippen LogP contribution in [0.25, 0.3) is 0 Å². The van der Waals surface area contributed by atoms with Crippen LogP contribution in [0.5, 0.6) is 0 Å². The Morgan fingerprint density at radius 1 is 1.62 bits per heavy atom. The first-order valence-electron chi connectivity index (χ1n) is 1.89. The fourth-order valence-electron chi connectivity index (χ4n) is 0.310. The number of nitrogens with zero attached hydrogens (tertiary/aromatic N) is 1. The summed E-state index contributed by atoms with van der Waals surface area (Å²) in [5, 5.41) is 0. The molecule has 0 unspecified atom stereocenters. The number of H-pyrrole nitrogens is 1. The summed E-state index contributed by atoms with van der Waals surface area (Å²) in [7, 11) is 0. The molecule has 0 aliphatic carbocycles. The monoisotopic (exact) mass is 152 g/mol. The molecule has 1 rings (SSSR count). The predicted molar refractivity (Wildman–Crippen MR) is 24.9 cm³/mol. The molecule has 1 aromatic heterocycles. The van der Waals surface area contributed by atoms with E-state index in [0.29, 0.717) is 0 Å². The number of hydrogen-bond acceptors (Lipinski definition) is 2. The molecule has 1 aromatic rings. The molecule has 0 fully saturated rings. The smallest absolute Gasteiger partial charge is 0.313 e. The molecule has 0 saturated carbocycles. The van der Waals surface area contributed by atoms with Gasteiger partial charge >= 0.3 is 5.69 Å². The van der Waals surface area contributed by atoms with Gasteiger partial charge in [0.2, 0.25) is 0 Å². The van der Waals surface area contributed by atoms with E-state index in [9.17, 15) is 4.79 Å². The molecule has 8 heavy (non-hydrogen) atoms. The van der Waals surface area contributed by atoms with Crippen LogP contribution in [0, 0.1) is 0 Å². The Balaban J connectivity index is 0.000000490. The first kappa shape index (κ1) is 7.40. The Labute approximate surface area is 56.6 Å². The molecule has 0 aromatic carbocycles. The van der Waals surface area contributed by atoms with Crippen molar-refractivity contribution in [3.8, 4) is 0 Å². The van der Waals surface area contributed by atoms with Crippen LogP contribution in [0.3, 0.4) is 0 Å². The van der Waals surface area contributed by atoms with E-state index in [-0.39, 0.29) is 22.8 Å². The van der Waals surface area contributed by atoms with E-state index in [1.54, 1.807) is 6.07 Å². The molecule has 0 aliphatic heterocycles. The van der Waals surface area contributed by atoms with Gasteiger partial charge in [-0.05, 0) is 6.07 Å². The van der Waals surface area contributed by atoms with Gasteiger partial charge in [-0.25, -0.2) is 9.78 Å². The fourth-order valence-corrected chi connectivity index (χ4v) is 0.310. The molecule has 1 heterocycles. The summed E-state index contributed by atoms with van der Waals surface area (Å²) < 4.78 is 0. The van der Waals surface area contributed by atoms with Gasteiger partial charge in [0, 0.05) is 29.5 Å². The van der Waals surface area contributed by atoms with Crippen molar-refractivity contribution in [1.82, 2.24) is 9.97 Å². The maximum atomic E-state index is 10.1. The van der Waals surface area contributed by atoms with Gasteiger partial charge in [0.1, 0.15) is 0 Å². The Morgan fingerprint density at radius 3 is 2.62 bits per heavy atom. The number of aromatic nitrogens is 2. The number of nitrogens with one attached hydrogen (secondary N) is 1. The Morgan fingerprint density at radius 2 is 2.38 bits per heavy atom. The standard InChI is InChI=1S/C4H4N2O.Fe/c7-4-5-2-1-3-6-4;/h1-3H,(H,5,6,7);. The normalized spacial score (nSPS) is 7.50. The fraction of sp³-hybridized carbons (Fsp3) is 0. The van der Waals surface area contributed by atoms with Crippen LogP contribution in [0.15, 0.2) is 23.3 Å². The molecular weight excluding hydrogens is 148 g/mol. The Bertz CT molecular complexity index is 180. The van der Waals surface area contributed by atoms with Crippen molar-refractivity contribution in [2.24, 2.45) is 0 Å². The van der Waals surface area contributed by atoms with E-state index in [4.69, 9.17) is 0 Å². The van der Waals surface area contributed by atoms with Crippen LogP contribution < -0.4 is 5.69 Å². The maximum absolute atomic E-state index is 10.1. The van der Waals surface area contributed by atoms with E-state index >= 15 is 0 Å². The molecule has 0 atom stereocenters. The maximum Gasteiger partial charge on any atom is 0.344 e. The SMILES string of the molecule is O=c1nccc[nH]1.[Fe].